The summed E-state index contributed by atoms with van der Waals surface area (Å²) in [5, 5.41) is 0. The molecule has 0 radical (unpaired) electrons. The molecule has 1 amide bonds. The van der Waals surface area contributed by atoms with Gasteiger partial charge in [0.15, 0.2) is 0 Å². The number of benzene rings is 1. The number of methoxy groups -OCH3 is 1. The smallest absolute Gasteiger partial charge is 0.222 e. The van der Waals surface area contributed by atoms with E-state index in [-0.39, 0.29) is 0 Å². The van der Waals surface area contributed by atoms with Gasteiger partial charge < -0.3 is 9.64 Å². The van der Waals surface area contributed by atoms with Gasteiger partial charge in [0.1, 0.15) is 5.75 Å². The number of piperidine rings is 1. The monoisotopic (exact) mass is 400 g/mol. The van der Waals surface area contributed by atoms with Gasteiger partial charge in [-0.05, 0) is 80.2 Å². The zero-order chi connectivity index (χ0) is 20.8. The van der Waals surface area contributed by atoms with Crippen molar-refractivity contribution in [2.75, 3.05) is 33.3 Å². The van der Waals surface area contributed by atoms with Gasteiger partial charge in [0, 0.05) is 32.1 Å². The Labute approximate surface area is 177 Å². The molecule has 1 atom stereocenters. The molecule has 0 aromatic heterocycles. The number of carbonyl (C=O) groups excluding carboxylic acids is 1. The van der Waals surface area contributed by atoms with Crippen LogP contribution >= 0.6 is 0 Å². The molecule has 0 saturated carbocycles. The number of carbonyl (C=O) groups is 1. The third-order valence-electron chi connectivity index (χ3n) is 6.69. The van der Waals surface area contributed by atoms with Crippen molar-refractivity contribution in [1.82, 2.24) is 9.80 Å². The highest BCUT2D eigenvalue weighted by atomic mass is 16.5. The third kappa shape index (κ3) is 5.97. The fourth-order valence-electron chi connectivity index (χ4n) is 5.04. The van der Waals surface area contributed by atoms with E-state index < -0.39 is 0 Å². The van der Waals surface area contributed by atoms with Crippen molar-refractivity contribution in [2.45, 2.75) is 71.8 Å². The zero-order valence-electron chi connectivity index (χ0n) is 19.0. The van der Waals surface area contributed by atoms with E-state index in [1.165, 1.54) is 43.5 Å². The van der Waals surface area contributed by atoms with E-state index in [0.717, 1.165) is 44.0 Å². The molecule has 1 aromatic rings. The van der Waals surface area contributed by atoms with Gasteiger partial charge in [-0.25, -0.2) is 0 Å². The lowest BCUT2D eigenvalue weighted by Crippen LogP contribution is -2.46. The largest absolute Gasteiger partial charge is 0.497 e. The van der Waals surface area contributed by atoms with Gasteiger partial charge in [-0.1, -0.05) is 26.8 Å². The van der Waals surface area contributed by atoms with Crippen molar-refractivity contribution in [3.63, 3.8) is 0 Å². The summed E-state index contributed by atoms with van der Waals surface area (Å²) in [5.74, 6) is 2.50. The summed E-state index contributed by atoms with van der Waals surface area (Å²) < 4.78 is 5.45. The van der Waals surface area contributed by atoms with Gasteiger partial charge in [0.2, 0.25) is 5.91 Å². The van der Waals surface area contributed by atoms with E-state index in [1.54, 1.807) is 7.11 Å². The highest BCUT2D eigenvalue weighted by molar-refractivity contribution is 5.76. The lowest BCUT2D eigenvalue weighted by molar-refractivity contribution is -0.133. The summed E-state index contributed by atoms with van der Waals surface area (Å²) in [6.45, 7) is 10.8. The summed E-state index contributed by atoms with van der Waals surface area (Å²) in [6, 6.07) is 7.22. The molecule has 29 heavy (non-hydrogen) atoms. The second-order valence-electron chi connectivity index (χ2n) is 9.45. The summed E-state index contributed by atoms with van der Waals surface area (Å²) in [6.07, 6.45) is 7.77. The van der Waals surface area contributed by atoms with Crippen molar-refractivity contribution in [3.05, 3.63) is 29.3 Å². The molecule has 1 aliphatic heterocycles. The van der Waals surface area contributed by atoms with E-state index in [0.29, 0.717) is 24.3 Å². The van der Waals surface area contributed by atoms with Crippen molar-refractivity contribution in [2.24, 2.45) is 11.8 Å². The molecule has 0 N–H and O–H groups in total. The highest BCUT2D eigenvalue weighted by Gasteiger charge is 2.29. The first kappa shape index (κ1) is 22.1. The topological polar surface area (TPSA) is 32.8 Å². The van der Waals surface area contributed by atoms with Crippen LogP contribution in [0.3, 0.4) is 0 Å². The number of ether oxygens (including phenoxy) is 1. The Morgan fingerprint density at radius 3 is 2.62 bits per heavy atom. The minimum atomic E-state index is 0.349. The van der Waals surface area contributed by atoms with E-state index in [1.807, 2.05) is 0 Å². The fourth-order valence-corrected chi connectivity index (χ4v) is 5.04. The van der Waals surface area contributed by atoms with E-state index in [4.69, 9.17) is 4.74 Å². The summed E-state index contributed by atoms with van der Waals surface area (Å²) in [7, 11) is 1.75. The molecule has 3 rings (SSSR count). The fraction of sp³-hybridized carbons (Fsp3) is 0.720. The number of amides is 1. The number of aryl methyl sites for hydroxylation is 1. The molecule has 4 nitrogen and oxygen atoms in total. The molecular weight excluding hydrogens is 360 g/mol. The number of likely N-dealkylation sites (tertiary alicyclic amines) is 1. The number of hydrogen-bond acceptors (Lipinski definition) is 3. The van der Waals surface area contributed by atoms with Crippen LogP contribution in [0.2, 0.25) is 0 Å². The van der Waals surface area contributed by atoms with Crippen LogP contribution in [0, 0.1) is 11.8 Å². The predicted octanol–water partition coefficient (Wildman–Crippen LogP) is 4.55. The average molecular weight is 401 g/mol. The molecule has 0 bridgehead atoms. The highest BCUT2D eigenvalue weighted by Crippen LogP contribution is 2.29. The van der Waals surface area contributed by atoms with Crippen LogP contribution in [0.4, 0.5) is 0 Å². The maximum atomic E-state index is 12.4. The SMILES string of the molecule is CCCN(CC1CCN(C(=O)CC(C)C)CC1)C1CCc2ccc(OC)cc2C1. The van der Waals surface area contributed by atoms with Crippen LogP contribution in [0.1, 0.15) is 64.0 Å². The van der Waals surface area contributed by atoms with Gasteiger partial charge in [-0.2, -0.15) is 0 Å². The number of hydrogen-bond donors (Lipinski definition) is 0. The number of nitrogens with zero attached hydrogens (tertiary/aromatic N) is 2. The normalized spacial score (nSPS) is 20.2. The molecule has 1 aliphatic carbocycles. The van der Waals surface area contributed by atoms with E-state index >= 15 is 0 Å². The van der Waals surface area contributed by atoms with Crippen LogP contribution in [0.15, 0.2) is 18.2 Å². The Bertz CT molecular complexity index is 665. The Morgan fingerprint density at radius 2 is 1.97 bits per heavy atom. The second kappa shape index (κ2) is 10.5. The maximum Gasteiger partial charge on any atom is 0.222 e. The summed E-state index contributed by atoms with van der Waals surface area (Å²) in [4.78, 5) is 17.2. The van der Waals surface area contributed by atoms with Crippen LogP contribution in [0.5, 0.6) is 5.75 Å². The van der Waals surface area contributed by atoms with E-state index in [2.05, 4.69) is 48.8 Å². The Balaban J connectivity index is 1.56. The molecule has 2 aliphatic rings. The van der Waals surface area contributed by atoms with Gasteiger partial charge in [0.05, 0.1) is 7.11 Å². The van der Waals surface area contributed by atoms with Crippen LogP contribution in [-0.4, -0.2) is 55.0 Å². The van der Waals surface area contributed by atoms with Crippen LogP contribution in [-0.2, 0) is 17.6 Å². The van der Waals surface area contributed by atoms with Crippen LogP contribution in [0.25, 0.3) is 0 Å². The molecule has 162 valence electrons. The summed E-state index contributed by atoms with van der Waals surface area (Å²) >= 11 is 0. The van der Waals surface area contributed by atoms with E-state index in [9.17, 15) is 4.79 Å². The lowest BCUT2D eigenvalue weighted by Gasteiger charge is -2.40. The number of fused-ring (bicyclic) bond motifs is 1. The van der Waals surface area contributed by atoms with Crippen molar-refractivity contribution in [3.8, 4) is 5.75 Å². The first-order valence-electron chi connectivity index (χ1n) is 11.7. The Kier molecular flexibility index (Phi) is 7.99. The molecule has 1 saturated heterocycles. The Morgan fingerprint density at radius 1 is 1.21 bits per heavy atom. The zero-order valence-corrected chi connectivity index (χ0v) is 19.0. The third-order valence-corrected chi connectivity index (χ3v) is 6.69. The number of rotatable bonds is 8. The first-order valence-corrected chi connectivity index (χ1v) is 11.7. The van der Waals surface area contributed by atoms with Gasteiger partial charge in [0.25, 0.3) is 0 Å². The molecule has 0 spiro atoms. The minimum absolute atomic E-state index is 0.349. The van der Waals surface area contributed by atoms with Crippen LogP contribution < -0.4 is 4.74 Å². The molecule has 1 fully saturated rings. The molecule has 1 heterocycles. The minimum Gasteiger partial charge on any atom is -0.497 e. The molecular formula is C25H40N2O2. The van der Waals surface area contributed by atoms with Crippen molar-refractivity contribution >= 4 is 5.91 Å². The maximum absolute atomic E-state index is 12.4. The van der Waals surface area contributed by atoms with Crippen molar-refractivity contribution in [1.29, 1.82) is 0 Å². The quantitative estimate of drug-likeness (QED) is 0.642. The average Bonchev–Trinajstić information content (AvgIpc) is 2.72. The summed E-state index contributed by atoms with van der Waals surface area (Å²) in [5.41, 5.74) is 2.96. The van der Waals surface area contributed by atoms with Crippen molar-refractivity contribution < 1.29 is 9.53 Å². The molecule has 1 aromatic carbocycles. The lowest BCUT2D eigenvalue weighted by atomic mass is 9.86. The van der Waals surface area contributed by atoms with Gasteiger partial charge >= 0.3 is 0 Å². The second-order valence-corrected chi connectivity index (χ2v) is 9.45. The standard InChI is InChI=1S/C25H40N2O2/c1-5-12-27(18-20-10-13-26(14-11-20)25(28)15-19(2)3)23-8-6-21-7-9-24(29-4)17-22(21)16-23/h7,9,17,19-20,23H,5-6,8,10-16,18H2,1-4H3. The molecule has 1 unspecified atom stereocenters. The Hall–Kier alpha value is -1.55. The van der Waals surface area contributed by atoms with Gasteiger partial charge in [-0.15, -0.1) is 0 Å². The predicted molar refractivity (Wildman–Crippen MR) is 119 cm³/mol. The van der Waals surface area contributed by atoms with Gasteiger partial charge in [-0.3, -0.25) is 9.69 Å². The first-order chi connectivity index (χ1) is 14.0. The molecule has 4 heteroatoms.